The van der Waals surface area contributed by atoms with E-state index in [2.05, 4.69) is 41.4 Å². The van der Waals surface area contributed by atoms with Crippen LogP contribution in [0.2, 0.25) is 0 Å². The summed E-state index contributed by atoms with van der Waals surface area (Å²) in [6.45, 7) is 6.48. The highest BCUT2D eigenvalue weighted by atomic mass is 16.5. The fourth-order valence-corrected chi connectivity index (χ4v) is 1.86. The molecule has 0 fully saturated rings. The molecule has 1 atom stereocenters. The molecule has 1 unspecified atom stereocenters. The van der Waals surface area contributed by atoms with Crippen LogP contribution in [0.5, 0.6) is 5.75 Å². The highest BCUT2D eigenvalue weighted by molar-refractivity contribution is 5.63. The van der Waals surface area contributed by atoms with Gasteiger partial charge in [-0.25, -0.2) is 9.97 Å². The van der Waals surface area contributed by atoms with E-state index in [1.165, 1.54) is 6.33 Å². The molecule has 6 nitrogen and oxygen atoms in total. The molecule has 0 saturated heterocycles. The molecule has 0 amide bonds. The molecule has 1 aromatic rings. The minimum Gasteiger partial charge on any atom is -0.490 e. The molecule has 0 aromatic carbocycles. The van der Waals surface area contributed by atoms with Gasteiger partial charge in [0.1, 0.15) is 6.33 Å². The van der Waals surface area contributed by atoms with E-state index < -0.39 is 0 Å². The van der Waals surface area contributed by atoms with Crippen LogP contribution in [0.15, 0.2) is 6.33 Å². The number of aliphatic hydroxyl groups is 1. The Balaban J connectivity index is 3.02. The second-order valence-electron chi connectivity index (χ2n) is 5.43. The van der Waals surface area contributed by atoms with Crippen molar-refractivity contribution in [1.29, 1.82) is 0 Å². The van der Waals surface area contributed by atoms with Crippen LogP contribution in [-0.2, 0) is 0 Å². The maximum Gasteiger partial charge on any atom is 0.204 e. The van der Waals surface area contributed by atoms with E-state index in [0.717, 1.165) is 0 Å². The van der Waals surface area contributed by atoms with Gasteiger partial charge in [0.25, 0.3) is 0 Å². The van der Waals surface area contributed by atoms with Crippen molar-refractivity contribution in [3.05, 3.63) is 6.33 Å². The van der Waals surface area contributed by atoms with Crippen LogP contribution < -0.4 is 15.4 Å². The van der Waals surface area contributed by atoms with E-state index >= 15 is 0 Å². The smallest absolute Gasteiger partial charge is 0.204 e. The summed E-state index contributed by atoms with van der Waals surface area (Å²) in [4.78, 5) is 8.33. The molecule has 0 radical (unpaired) electrons. The van der Waals surface area contributed by atoms with Crippen LogP contribution in [-0.4, -0.2) is 41.9 Å². The first-order chi connectivity index (χ1) is 8.93. The predicted molar refractivity (Wildman–Crippen MR) is 76.7 cm³/mol. The fourth-order valence-electron chi connectivity index (χ4n) is 1.86. The molecular weight excluding hydrogens is 244 g/mol. The Bertz CT molecular complexity index is 404. The molecule has 6 heteroatoms. The van der Waals surface area contributed by atoms with Gasteiger partial charge < -0.3 is 20.5 Å². The first-order valence-corrected chi connectivity index (χ1v) is 6.38. The first-order valence-electron chi connectivity index (χ1n) is 6.38. The summed E-state index contributed by atoms with van der Waals surface area (Å²) in [6.07, 6.45) is 2.13. The lowest BCUT2D eigenvalue weighted by Crippen LogP contribution is -2.35. The molecule has 0 aliphatic carbocycles. The van der Waals surface area contributed by atoms with Crippen molar-refractivity contribution in [1.82, 2.24) is 9.97 Å². The Labute approximate surface area is 114 Å². The van der Waals surface area contributed by atoms with Gasteiger partial charge >= 0.3 is 0 Å². The first kappa shape index (κ1) is 15.5. The lowest BCUT2D eigenvalue weighted by molar-refractivity contribution is 0.234. The van der Waals surface area contributed by atoms with Gasteiger partial charge in [-0.3, -0.25) is 0 Å². The Morgan fingerprint density at radius 2 is 1.95 bits per heavy atom. The van der Waals surface area contributed by atoms with E-state index in [9.17, 15) is 5.11 Å². The molecule has 0 aliphatic rings. The van der Waals surface area contributed by atoms with E-state index in [-0.39, 0.29) is 18.1 Å². The quantitative estimate of drug-likeness (QED) is 0.729. The lowest BCUT2D eigenvalue weighted by Gasteiger charge is -2.32. The van der Waals surface area contributed by atoms with Gasteiger partial charge in [0.2, 0.25) is 5.75 Å². The summed E-state index contributed by atoms with van der Waals surface area (Å²) in [5.41, 5.74) is -0.00149. The van der Waals surface area contributed by atoms with Gasteiger partial charge in [-0.05, 0) is 11.8 Å². The predicted octanol–water partition coefficient (Wildman–Crippen LogP) is 1.74. The zero-order valence-electron chi connectivity index (χ0n) is 12.3. The Morgan fingerprint density at radius 3 is 2.42 bits per heavy atom. The van der Waals surface area contributed by atoms with Crippen molar-refractivity contribution in [3.8, 4) is 5.75 Å². The third-order valence-electron chi connectivity index (χ3n) is 3.02. The molecule has 1 heterocycles. The fraction of sp³-hybridized carbons (Fsp3) is 0.692. The minimum absolute atomic E-state index is 0.00149. The van der Waals surface area contributed by atoms with E-state index in [4.69, 9.17) is 4.74 Å². The van der Waals surface area contributed by atoms with Crippen LogP contribution in [0.3, 0.4) is 0 Å². The average molecular weight is 268 g/mol. The van der Waals surface area contributed by atoms with E-state index in [1.54, 1.807) is 14.2 Å². The second kappa shape index (κ2) is 6.56. The number of anilines is 2. The highest BCUT2D eigenvalue weighted by Gasteiger charge is 2.26. The van der Waals surface area contributed by atoms with Crippen molar-refractivity contribution in [2.75, 3.05) is 31.4 Å². The lowest BCUT2D eigenvalue weighted by atomic mass is 9.85. The highest BCUT2D eigenvalue weighted by Crippen LogP contribution is 2.32. The minimum atomic E-state index is -0.00149. The number of hydrogen-bond donors (Lipinski definition) is 3. The normalized spacial score (nSPS) is 12.9. The van der Waals surface area contributed by atoms with E-state index in [0.29, 0.717) is 23.8 Å². The average Bonchev–Trinajstić information content (AvgIpc) is 2.36. The van der Waals surface area contributed by atoms with Gasteiger partial charge in [0.15, 0.2) is 11.6 Å². The molecule has 19 heavy (non-hydrogen) atoms. The van der Waals surface area contributed by atoms with Crippen molar-refractivity contribution < 1.29 is 9.84 Å². The number of methoxy groups -OCH3 is 1. The molecule has 0 spiro atoms. The van der Waals surface area contributed by atoms with Crippen LogP contribution >= 0.6 is 0 Å². The molecule has 108 valence electrons. The van der Waals surface area contributed by atoms with Crippen molar-refractivity contribution in [2.24, 2.45) is 5.41 Å². The summed E-state index contributed by atoms with van der Waals surface area (Å²) < 4.78 is 5.35. The second-order valence-corrected chi connectivity index (χ2v) is 5.43. The van der Waals surface area contributed by atoms with Crippen LogP contribution in [0.25, 0.3) is 0 Å². The standard InChI is InChI=1S/C13H24N4O2/c1-13(2,3)9(6-7-18)17-12-10(19-5)11(14-4)15-8-16-12/h8-9,18H,6-7H2,1-5H3,(H2,14,15,16,17). The van der Waals surface area contributed by atoms with Gasteiger partial charge in [0.05, 0.1) is 7.11 Å². The Kier molecular flexibility index (Phi) is 5.35. The molecule has 1 rings (SSSR count). The van der Waals surface area contributed by atoms with Gasteiger partial charge in [0, 0.05) is 19.7 Å². The van der Waals surface area contributed by atoms with Gasteiger partial charge in [-0.1, -0.05) is 20.8 Å². The third-order valence-corrected chi connectivity index (χ3v) is 3.02. The number of rotatable bonds is 6. The topological polar surface area (TPSA) is 79.3 Å². The Morgan fingerprint density at radius 1 is 1.32 bits per heavy atom. The van der Waals surface area contributed by atoms with Crippen molar-refractivity contribution >= 4 is 11.6 Å². The van der Waals surface area contributed by atoms with Crippen molar-refractivity contribution in [2.45, 2.75) is 33.2 Å². The molecule has 0 aliphatic heterocycles. The molecule has 0 bridgehead atoms. The summed E-state index contributed by atoms with van der Waals surface area (Å²) in [5, 5.41) is 15.5. The van der Waals surface area contributed by atoms with Gasteiger partial charge in [-0.2, -0.15) is 0 Å². The zero-order chi connectivity index (χ0) is 14.5. The number of aromatic nitrogens is 2. The SMILES string of the molecule is CNc1ncnc(NC(CCO)C(C)(C)C)c1OC. The summed E-state index contributed by atoms with van der Waals surface area (Å²) in [5.74, 6) is 1.85. The van der Waals surface area contributed by atoms with Crippen LogP contribution in [0, 0.1) is 5.41 Å². The number of ether oxygens (including phenoxy) is 1. The summed E-state index contributed by atoms with van der Waals surface area (Å²) >= 11 is 0. The Hall–Kier alpha value is -1.56. The number of aliphatic hydroxyl groups excluding tert-OH is 1. The van der Waals surface area contributed by atoms with Gasteiger partial charge in [-0.15, -0.1) is 0 Å². The number of nitrogens with zero attached hydrogens (tertiary/aromatic N) is 2. The van der Waals surface area contributed by atoms with Crippen LogP contribution in [0.4, 0.5) is 11.6 Å². The van der Waals surface area contributed by atoms with Crippen molar-refractivity contribution in [3.63, 3.8) is 0 Å². The number of nitrogens with one attached hydrogen (secondary N) is 2. The molecule has 1 aromatic heterocycles. The van der Waals surface area contributed by atoms with E-state index in [1.807, 2.05) is 0 Å². The monoisotopic (exact) mass is 268 g/mol. The maximum atomic E-state index is 9.19. The zero-order valence-corrected chi connectivity index (χ0v) is 12.3. The largest absolute Gasteiger partial charge is 0.490 e. The maximum absolute atomic E-state index is 9.19. The molecular formula is C13H24N4O2. The van der Waals surface area contributed by atoms with Crippen LogP contribution in [0.1, 0.15) is 27.2 Å². The third kappa shape index (κ3) is 3.96. The molecule has 3 N–H and O–H groups in total. The summed E-state index contributed by atoms with van der Waals surface area (Å²) in [6, 6.07) is 0.0889. The number of hydrogen-bond acceptors (Lipinski definition) is 6. The molecule has 0 saturated carbocycles. The summed E-state index contributed by atoms with van der Waals surface area (Å²) in [7, 11) is 3.37.